The summed E-state index contributed by atoms with van der Waals surface area (Å²) >= 11 is 0. The molecule has 3 heteroatoms. The molecule has 25 heavy (non-hydrogen) atoms. The van der Waals surface area contributed by atoms with Gasteiger partial charge in [0.05, 0.1) is 0 Å². The van der Waals surface area contributed by atoms with Gasteiger partial charge in [0.1, 0.15) is 17.1 Å². The summed E-state index contributed by atoms with van der Waals surface area (Å²) in [7, 11) is 0. The zero-order chi connectivity index (χ0) is 18.2. The Kier molecular flexibility index (Phi) is 4.95. The normalized spacial score (nSPS) is 23.8. The van der Waals surface area contributed by atoms with Gasteiger partial charge in [-0.05, 0) is 64.2 Å². The summed E-state index contributed by atoms with van der Waals surface area (Å²) in [5.74, 6) is 1.96. The van der Waals surface area contributed by atoms with Crippen molar-refractivity contribution in [1.82, 2.24) is 0 Å². The maximum Gasteiger partial charge on any atom is 0.308 e. The highest BCUT2D eigenvalue weighted by Gasteiger charge is 2.45. The average molecular weight is 342 g/mol. The molecule has 2 aliphatic rings. The number of hydrogen-bond acceptors (Lipinski definition) is 3. The van der Waals surface area contributed by atoms with E-state index in [1.165, 1.54) is 18.1 Å². The summed E-state index contributed by atoms with van der Waals surface area (Å²) in [4.78, 5) is 11.7. The van der Waals surface area contributed by atoms with Crippen LogP contribution in [0.1, 0.15) is 77.3 Å². The fourth-order valence-electron chi connectivity index (χ4n) is 4.33. The Morgan fingerprint density at radius 3 is 2.80 bits per heavy atom. The van der Waals surface area contributed by atoms with Crippen LogP contribution in [0.5, 0.6) is 11.5 Å². The molecule has 3 rings (SSSR count). The Balaban J connectivity index is 2.13. The number of esters is 1. The molecule has 0 amide bonds. The molecule has 0 aromatic heterocycles. The summed E-state index contributed by atoms with van der Waals surface area (Å²) in [5, 5.41) is 0. The van der Waals surface area contributed by atoms with Gasteiger partial charge in [-0.2, -0.15) is 0 Å². The predicted octanol–water partition coefficient (Wildman–Crippen LogP) is 5.57. The van der Waals surface area contributed by atoms with Crippen molar-refractivity contribution in [2.24, 2.45) is 5.92 Å². The molecule has 2 atom stereocenters. The summed E-state index contributed by atoms with van der Waals surface area (Å²) in [5.41, 5.74) is 3.43. The minimum absolute atomic E-state index is 0.217. The maximum atomic E-state index is 11.7. The quantitative estimate of drug-likeness (QED) is 0.408. The van der Waals surface area contributed by atoms with E-state index in [0.29, 0.717) is 11.7 Å². The first-order valence-corrected chi connectivity index (χ1v) is 9.53. The van der Waals surface area contributed by atoms with Crippen molar-refractivity contribution in [2.75, 3.05) is 0 Å². The second kappa shape index (κ2) is 6.86. The van der Waals surface area contributed by atoms with Gasteiger partial charge in [0.2, 0.25) is 0 Å². The molecule has 1 aliphatic heterocycles. The molecule has 0 saturated carbocycles. The number of aryl methyl sites for hydroxylation is 1. The number of hydrogen-bond donors (Lipinski definition) is 0. The number of carbonyl (C=O) groups excluding carboxylic acids is 1. The fraction of sp³-hybridized carbons (Fsp3) is 0.591. The molecule has 0 bridgehead atoms. The van der Waals surface area contributed by atoms with Crippen LogP contribution in [-0.4, -0.2) is 11.6 Å². The van der Waals surface area contributed by atoms with Crippen LogP contribution in [0.25, 0.3) is 0 Å². The van der Waals surface area contributed by atoms with Crippen molar-refractivity contribution in [3.8, 4) is 11.5 Å². The highest BCUT2D eigenvalue weighted by Crippen LogP contribution is 2.53. The molecular weight excluding hydrogens is 312 g/mol. The highest BCUT2D eigenvalue weighted by molar-refractivity contribution is 5.71. The van der Waals surface area contributed by atoms with E-state index in [1.54, 1.807) is 0 Å². The Bertz CT molecular complexity index is 699. The zero-order valence-corrected chi connectivity index (χ0v) is 16.1. The van der Waals surface area contributed by atoms with Crippen molar-refractivity contribution in [1.29, 1.82) is 0 Å². The number of unbranched alkanes of at least 4 members (excludes halogenated alkanes) is 1. The molecule has 3 nitrogen and oxygen atoms in total. The second-order valence-electron chi connectivity index (χ2n) is 8.09. The molecule has 0 saturated heterocycles. The maximum absolute atomic E-state index is 11.7. The van der Waals surface area contributed by atoms with Crippen molar-refractivity contribution in [3.05, 3.63) is 34.9 Å². The van der Waals surface area contributed by atoms with Crippen molar-refractivity contribution >= 4 is 5.97 Å². The van der Waals surface area contributed by atoms with Gasteiger partial charge in [0.15, 0.2) is 0 Å². The lowest BCUT2D eigenvalue weighted by atomic mass is 9.68. The number of fused-ring (bicyclic) bond motifs is 3. The summed E-state index contributed by atoms with van der Waals surface area (Å²) < 4.78 is 12.1. The fourth-order valence-corrected chi connectivity index (χ4v) is 4.33. The molecule has 0 spiro atoms. The summed E-state index contributed by atoms with van der Waals surface area (Å²) in [6, 6.07) is 4.21. The number of allylic oxidation sites excluding steroid dienone is 2. The van der Waals surface area contributed by atoms with Crippen molar-refractivity contribution in [2.45, 2.75) is 78.2 Å². The van der Waals surface area contributed by atoms with E-state index in [-0.39, 0.29) is 17.5 Å². The van der Waals surface area contributed by atoms with Crippen LogP contribution in [0.2, 0.25) is 0 Å². The first kappa shape index (κ1) is 18.0. The lowest BCUT2D eigenvalue weighted by molar-refractivity contribution is -0.132. The molecule has 0 fully saturated rings. The van der Waals surface area contributed by atoms with Gasteiger partial charge in [-0.25, -0.2) is 0 Å². The summed E-state index contributed by atoms with van der Waals surface area (Å²) in [6.45, 7) is 10.2. The largest absolute Gasteiger partial charge is 0.487 e. The van der Waals surface area contributed by atoms with Crippen LogP contribution in [0.3, 0.4) is 0 Å². The Labute approximate surface area is 151 Å². The minimum atomic E-state index is -0.271. The lowest BCUT2D eigenvalue weighted by Gasteiger charge is -2.46. The van der Waals surface area contributed by atoms with Crippen LogP contribution < -0.4 is 9.47 Å². The third-order valence-electron chi connectivity index (χ3n) is 5.58. The van der Waals surface area contributed by atoms with E-state index in [2.05, 4.69) is 39.8 Å². The van der Waals surface area contributed by atoms with E-state index < -0.39 is 0 Å². The Morgan fingerprint density at radius 2 is 2.12 bits per heavy atom. The van der Waals surface area contributed by atoms with Gasteiger partial charge in [0.25, 0.3) is 0 Å². The van der Waals surface area contributed by atoms with E-state index in [0.717, 1.165) is 43.4 Å². The topological polar surface area (TPSA) is 35.5 Å². The zero-order valence-electron chi connectivity index (χ0n) is 16.1. The van der Waals surface area contributed by atoms with Gasteiger partial charge < -0.3 is 9.47 Å². The minimum Gasteiger partial charge on any atom is -0.487 e. The van der Waals surface area contributed by atoms with Crippen LogP contribution >= 0.6 is 0 Å². The van der Waals surface area contributed by atoms with Gasteiger partial charge in [-0.1, -0.05) is 25.0 Å². The molecule has 0 N–H and O–H groups in total. The first-order chi connectivity index (χ1) is 11.8. The molecule has 2 unspecified atom stereocenters. The number of benzene rings is 1. The first-order valence-electron chi connectivity index (χ1n) is 9.53. The number of ether oxygens (including phenoxy) is 2. The van der Waals surface area contributed by atoms with Crippen LogP contribution in [0.4, 0.5) is 0 Å². The molecule has 136 valence electrons. The molecule has 1 aromatic carbocycles. The van der Waals surface area contributed by atoms with Crippen LogP contribution in [0.15, 0.2) is 23.8 Å². The standard InChI is InChI=1S/C22H30O3/c1-6-7-8-16-12-19(24-15(3)23)21-17-11-14(2)9-10-18(17)22(4,5)25-20(21)13-16/h11-13,17-18H,6-10H2,1-5H3. The third-order valence-corrected chi connectivity index (χ3v) is 5.58. The Hall–Kier alpha value is -1.77. The van der Waals surface area contributed by atoms with Crippen LogP contribution in [-0.2, 0) is 11.2 Å². The van der Waals surface area contributed by atoms with E-state index >= 15 is 0 Å². The molecule has 1 aliphatic carbocycles. The molecule has 0 radical (unpaired) electrons. The van der Waals surface area contributed by atoms with Gasteiger partial charge in [-0.3, -0.25) is 4.79 Å². The predicted molar refractivity (Wildman–Crippen MR) is 100 cm³/mol. The SMILES string of the molecule is CCCCc1cc(OC(C)=O)c2c(c1)OC(C)(C)C1CCC(C)=CC21. The molecular formula is C22H30O3. The van der Waals surface area contributed by atoms with Crippen molar-refractivity contribution < 1.29 is 14.3 Å². The second-order valence-corrected chi connectivity index (χ2v) is 8.09. The highest BCUT2D eigenvalue weighted by atomic mass is 16.5. The lowest BCUT2D eigenvalue weighted by Crippen LogP contribution is -2.45. The summed E-state index contributed by atoms with van der Waals surface area (Å²) in [6.07, 6.45) is 7.81. The third kappa shape index (κ3) is 3.61. The Morgan fingerprint density at radius 1 is 1.36 bits per heavy atom. The number of rotatable bonds is 4. The van der Waals surface area contributed by atoms with E-state index in [4.69, 9.17) is 9.47 Å². The van der Waals surface area contributed by atoms with Crippen molar-refractivity contribution in [3.63, 3.8) is 0 Å². The molecule has 1 aromatic rings. The monoisotopic (exact) mass is 342 g/mol. The number of carbonyl (C=O) groups is 1. The van der Waals surface area contributed by atoms with Crippen LogP contribution in [0, 0.1) is 5.92 Å². The van der Waals surface area contributed by atoms with Gasteiger partial charge in [-0.15, -0.1) is 0 Å². The molecule has 1 heterocycles. The van der Waals surface area contributed by atoms with E-state index in [1.807, 2.05) is 6.07 Å². The van der Waals surface area contributed by atoms with Gasteiger partial charge >= 0.3 is 5.97 Å². The van der Waals surface area contributed by atoms with E-state index in [9.17, 15) is 4.79 Å². The van der Waals surface area contributed by atoms with Gasteiger partial charge in [0, 0.05) is 24.3 Å². The average Bonchev–Trinajstić information content (AvgIpc) is 2.51. The smallest absolute Gasteiger partial charge is 0.308 e.